The third-order valence-electron chi connectivity index (χ3n) is 4.32. The molecular formula is C17H17ClN4O5S. The number of sulfonamides is 1. The highest BCUT2D eigenvalue weighted by Gasteiger charge is 2.24. The van der Waals surface area contributed by atoms with Gasteiger partial charge in [0.25, 0.3) is 15.7 Å². The Morgan fingerprint density at radius 3 is 2.68 bits per heavy atom. The molecule has 0 unspecified atom stereocenters. The summed E-state index contributed by atoms with van der Waals surface area (Å²) in [5.41, 5.74) is 0.591. The van der Waals surface area contributed by atoms with Gasteiger partial charge in [0.05, 0.1) is 32.8 Å². The lowest BCUT2D eigenvalue weighted by Gasteiger charge is -2.29. The average Bonchev–Trinajstić information content (AvgIpc) is 2.61. The van der Waals surface area contributed by atoms with Crippen molar-refractivity contribution in [2.24, 2.45) is 0 Å². The first-order valence-electron chi connectivity index (χ1n) is 8.27. The standard InChI is InChI=1S/C17H17ClN4O5S/c1-11-14(22(24)25)3-2-4-16(11)28(26,27)20-12-5-6-15(13(18)9-12)21-8-7-19-17(23)10-21/h2-6,9,20H,7-8,10H2,1H3,(H,19,23). The van der Waals surface area contributed by atoms with Crippen LogP contribution in [-0.2, 0) is 14.8 Å². The van der Waals surface area contributed by atoms with Crippen molar-refractivity contribution >= 4 is 44.6 Å². The zero-order valence-corrected chi connectivity index (χ0v) is 16.4. The van der Waals surface area contributed by atoms with Crippen LogP contribution in [0.5, 0.6) is 0 Å². The highest BCUT2D eigenvalue weighted by molar-refractivity contribution is 7.92. The molecule has 11 heteroatoms. The molecular weight excluding hydrogens is 408 g/mol. The number of hydrogen-bond donors (Lipinski definition) is 2. The number of nitrogens with zero attached hydrogens (tertiary/aromatic N) is 2. The van der Waals surface area contributed by atoms with E-state index < -0.39 is 14.9 Å². The number of carbonyl (C=O) groups is 1. The van der Waals surface area contributed by atoms with E-state index in [9.17, 15) is 23.3 Å². The highest BCUT2D eigenvalue weighted by atomic mass is 35.5. The number of nitro benzene ring substituents is 1. The fraction of sp³-hybridized carbons (Fsp3) is 0.235. The number of hydrogen-bond acceptors (Lipinski definition) is 6. The molecule has 1 amide bonds. The number of nitro groups is 1. The third-order valence-corrected chi connectivity index (χ3v) is 6.15. The summed E-state index contributed by atoms with van der Waals surface area (Å²) in [6, 6.07) is 8.45. The molecule has 0 saturated carbocycles. The van der Waals surface area contributed by atoms with Crippen LogP contribution in [0.15, 0.2) is 41.3 Å². The van der Waals surface area contributed by atoms with Gasteiger partial charge in [0.15, 0.2) is 0 Å². The van der Waals surface area contributed by atoms with Gasteiger partial charge in [-0.15, -0.1) is 0 Å². The number of benzene rings is 2. The molecule has 0 atom stereocenters. The minimum Gasteiger partial charge on any atom is -0.359 e. The summed E-state index contributed by atoms with van der Waals surface area (Å²) in [4.78, 5) is 23.6. The molecule has 148 valence electrons. The van der Waals surface area contributed by atoms with Gasteiger partial charge in [-0.2, -0.15) is 0 Å². The summed E-state index contributed by atoms with van der Waals surface area (Å²) in [5.74, 6) is -0.117. The first-order valence-corrected chi connectivity index (χ1v) is 10.1. The number of halogens is 1. The van der Waals surface area contributed by atoms with Gasteiger partial charge in [-0.1, -0.05) is 17.7 Å². The number of carbonyl (C=O) groups excluding carboxylic acids is 1. The molecule has 1 aliphatic heterocycles. The van der Waals surface area contributed by atoms with Crippen molar-refractivity contribution in [2.45, 2.75) is 11.8 Å². The van der Waals surface area contributed by atoms with Crippen molar-refractivity contribution in [1.82, 2.24) is 5.32 Å². The van der Waals surface area contributed by atoms with Crippen LogP contribution in [0, 0.1) is 17.0 Å². The Hall–Kier alpha value is -2.85. The second-order valence-corrected chi connectivity index (χ2v) is 8.26. The van der Waals surface area contributed by atoms with E-state index in [4.69, 9.17) is 11.6 Å². The van der Waals surface area contributed by atoms with Gasteiger partial charge < -0.3 is 10.2 Å². The van der Waals surface area contributed by atoms with Gasteiger partial charge in [-0.05, 0) is 31.2 Å². The largest absolute Gasteiger partial charge is 0.359 e. The summed E-state index contributed by atoms with van der Waals surface area (Å²) in [6.07, 6.45) is 0. The normalized spacial score (nSPS) is 14.5. The van der Waals surface area contributed by atoms with Gasteiger partial charge in [0, 0.05) is 24.7 Å². The molecule has 1 saturated heterocycles. The second kappa shape index (κ2) is 7.64. The van der Waals surface area contributed by atoms with E-state index in [1.54, 1.807) is 11.0 Å². The zero-order valence-electron chi connectivity index (χ0n) is 14.8. The Labute approximate surface area is 166 Å². The molecule has 2 aromatic carbocycles. The maximum atomic E-state index is 12.7. The highest BCUT2D eigenvalue weighted by Crippen LogP contribution is 2.31. The Bertz CT molecular complexity index is 1060. The molecule has 0 aliphatic carbocycles. The molecule has 0 spiro atoms. The van der Waals surface area contributed by atoms with E-state index in [0.29, 0.717) is 18.8 Å². The fourth-order valence-electron chi connectivity index (χ4n) is 2.97. The van der Waals surface area contributed by atoms with Gasteiger partial charge in [0.1, 0.15) is 0 Å². The Balaban J connectivity index is 1.87. The van der Waals surface area contributed by atoms with Crippen LogP contribution in [0.25, 0.3) is 0 Å². The molecule has 1 aliphatic rings. The predicted octanol–water partition coefficient (Wildman–Crippen LogP) is 2.29. The van der Waals surface area contributed by atoms with Crippen LogP contribution in [0.2, 0.25) is 5.02 Å². The predicted molar refractivity (Wildman–Crippen MR) is 105 cm³/mol. The lowest BCUT2D eigenvalue weighted by molar-refractivity contribution is -0.385. The Morgan fingerprint density at radius 2 is 2.04 bits per heavy atom. The number of amides is 1. The van der Waals surface area contributed by atoms with Crippen molar-refractivity contribution in [2.75, 3.05) is 29.3 Å². The topological polar surface area (TPSA) is 122 Å². The lowest BCUT2D eigenvalue weighted by Crippen LogP contribution is -2.47. The minimum atomic E-state index is -4.05. The summed E-state index contributed by atoms with van der Waals surface area (Å²) >= 11 is 6.29. The SMILES string of the molecule is Cc1c([N+](=O)[O-])cccc1S(=O)(=O)Nc1ccc(N2CCNC(=O)C2)c(Cl)c1. The van der Waals surface area contributed by atoms with Crippen LogP contribution >= 0.6 is 11.6 Å². The van der Waals surface area contributed by atoms with E-state index in [1.165, 1.54) is 37.3 Å². The van der Waals surface area contributed by atoms with Crippen LogP contribution in [-0.4, -0.2) is 38.9 Å². The van der Waals surface area contributed by atoms with Gasteiger partial charge >= 0.3 is 0 Å². The molecule has 0 radical (unpaired) electrons. The van der Waals surface area contributed by atoms with Crippen LogP contribution in [0.3, 0.4) is 0 Å². The smallest absolute Gasteiger partial charge is 0.273 e. The van der Waals surface area contributed by atoms with Crippen LogP contribution < -0.4 is 14.9 Å². The van der Waals surface area contributed by atoms with Gasteiger partial charge in [-0.3, -0.25) is 19.6 Å². The summed E-state index contributed by atoms with van der Waals surface area (Å²) < 4.78 is 27.8. The molecule has 1 heterocycles. The Morgan fingerprint density at radius 1 is 1.29 bits per heavy atom. The molecule has 2 aromatic rings. The fourth-order valence-corrected chi connectivity index (χ4v) is 4.59. The van der Waals surface area contributed by atoms with Gasteiger partial charge in [-0.25, -0.2) is 8.42 Å². The van der Waals surface area contributed by atoms with Crippen molar-refractivity contribution in [3.8, 4) is 0 Å². The minimum absolute atomic E-state index is 0.0436. The molecule has 28 heavy (non-hydrogen) atoms. The van der Waals surface area contributed by atoms with E-state index in [1.807, 2.05) is 0 Å². The molecule has 3 rings (SSSR count). The number of rotatable bonds is 5. The molecule has 2 N–H and O–H groups in total. The lowest BCUT2D eigenvalue weighted by atomic mass is 10.2. The number of anilines is 2. The van der Waals surface area contributed by atoms with Crippen LogP contribution in [0.4, 0.5) is 17.1 Å². The van der Waals surface area contributed by atoms with Crippen LogP contribution in [0.1, 0.15) is 5.56 Å². The summed E-state index contributed by atoms with van der Waals surface area (Å²) in [5, 5.41) is 14.1. The first-order chi connectivity index (χ1) is 13.2. The van der Waals surface area contributed by atoms with Gasteiger partial charge in [0.2, 0.25) is 5.91 Å². The first kappa shape index (κ1) is 19.9. The molecule has 1 fully saturated rings. The average molecular weight is 425 g/mol. The number of nitrogens with one attached hydrogen (secondary N) is 2. The maximum absolute atomic E-state index is 12.7. The molecule has 0 aromatic heterocycles. The maximum Gasteiger partial charge on any atom is 0.273 e. The number of piperazine rings is 1. The van der Waals surface area contributed by atoms with E-state index in [-0.39, 0.29) is 39.3 Å². The second-order valence-electron chi connectivity index (χ2n) is 6.20. The van der Waals surface area contributed by atoms with Crippen molar-refractivity contribution < 1.29 is 18.1 Å². The molecule has 9 nitrogen and oxygen atoms in total. The summed E-state index contributed by atoms with van der Waals surface area (Å²) in [7, 11) is -4.05. The van der Waals surface area contributed by atoms with Crippen molar-refractivity contribution in [1.29, 1.82) is 0 Å². The van der Waals surface area contributed by atoms with E-state index in [2.05, 4.69) is 10.0 Å². The van der Waals surface area contributed by atoms with E-state index in [0.717, 1.165) is 0 Å². The molecule has 0 bridgehead atoms. The third kappa shape index (κ3) is 4.02. The Kier molecular flexibility index (Phi) is 5.43. The summed E-state index contributed by atoms with van der Waals surface area (Å²) in [6.45, 7) is 2.63. The van der Waals surface area contributed by atoms with Crippen molar-refractivity contribution in [3.05, 3.63) is 57.1 Å². The van der Waals surface area contributed by atoms with E-state index >= 15 is 0 Å². The zero-order chi connectivity index (χ0) is 20.5. The quantitative estimate of drug-likeness (QED) is 0.561. The van der Waals surface area contributed by atoms with Crippen molar-refractivity contribution in [3.63, 3.8) is 0 Å². The monoisotopic (exact) mass is 424 g/mol.